The van der Waals surface area contributed by atoms with E-state index < -0.39 is 11.5 Å². The smallest absolute Gasteiger partial charge is 0.329 e. The molecule has 1 aliphatic rings. The molecule has 0 spiro atoms. The van der Waals surface area contributed by atoms with E-state index in [0.717, 1.165) is 18.5 Å². The molecule has 0 unspecified atom stereocenters. The largest absolute Gasteiger partial charge is 0.479 e. The van der Waals surface area contributed by atoms with Gasteiger partial charge in [0.1, 0.15) is 5.54 Å². The van der Waals surface area contributed by atoms with Crippen LogP contribution in [0.15, 0.2) is 24.3 Å². The van der Waals surface area contributed by atoms with Crippen LogP contribution in [0, 0.1) is 6.57 Å². The molecule has 1 N–H and O–H groups in total. The summed E-state index contributed by atoms with van der Waals surface area (Å²) in [5.41, 5.74) is 0.647. The van der Waals surface area contributed by atoms with Crippen LogP contribution in [0.4, 0.5) is 11.4 Å². The normalized spacial score (nSPS) is 17.1. The number of carboxylic acid groups (broad SMARTS) is 1. The van der Waals surface area contributed by atoms with Gasteiger partial charge < -0.3 is 10.0 Å². The van der Waals surface area contributed by atoms with Crippen molar-refractivity contribution in [2.24, 2.45) is 0 Å². The van der Waals surface area contributed by atoms with E-state index >= 15 is 0 Å². The van der Waals surface area contributed by atoms with E-state index in [2.05, 4.69) is 4.85 Å². The minimum atomic E-state index is -0.778. The van der Waals surface area contributed by atoms with Crippen molar-refractivity contribution in [2.45, 2.75) is 31.2 Å². The molecule has 0 saturated heterocycles. The number of hydrogen-bond acceptors (Lipinski definition) is 2. The first-order chi connectivity index (χ1) is 8.60. The van der Waals surface area contributed by atoms with Crippen LogP contribution in [0.5, 0.6) is 0 Å². The highest BCUT2D eigenvalue weighted by Crippen LogP contribution is 2.37. The first-order valence-electron chi connectivity index (χ1n) is 6.05. The second-order valence-corrected chi connectivity index (χ2v) is 4.73. The zero-order valence-electron chi connectivity index (χ0n) is 10.4. The van der Waals surface area contributed by atoms with Crippen LogP contribution in [0.2, 0.25) is 0 Å². The summed E-state index contributed by atoms with van der Waals surface area (Å²) in [6.07, 6.45) is 3.28. The van der Waals surface area contributed by atoms with E-state index in [1.165, 1.54) is 0 Å². The van der Waals surface area contributed by atoms with Gasteiger partial charge in [0.05, 0.1) is 6.57 Å². The molecule has 1 saturated carbocycles. The van der Waals surface area contributed by atoms with Crippen molar-refractivity contribution in [2.75, 3.05) is 11.9 Å². The number of hydrogen-bond donors (Lipinski definition) is 1. The SMILES string of the molecule is [C-]#[N+]c1ccc(N(C)C2(C(=O)O)CCCC2)cc1. The van der Waals surface area contributed by atoms with Crippen molar-refractivity contribution < 1.29 is 9.90 Å². The van der Waals surface area contributed by atoms with E-state index in [1.54, 1.807) is 12.1 Å². The Morgan fingerprint density at radius 3 is 2.33 bits per heavy atom. The Balaban J connectivity index is 2.31. The summed E-state index contributed by atoms with van der Waals surface area (Å²) in [5, 5.41) is 9.51. The monoisotopic (exact) mass is 244 g/mol. The average molecular weight is 244 g/mol. The fraction of sp³-hybridized carbons (Fsp3) is 0.429. The summed E-state index contributed by atoms with van der Waals surface area (Å²) in [6.45, 7) is 6.91. The van der Waals surface area contributed by atoms with E-state index in [4.69, 9.17) is 6.57 Å². The Labute approximate surface area is 107 Å². The predicted molar refractivity (Wildman–Crippen MR) is 69.9 cm³/mol. The lowest BCUT2D eigenvalue weighted by molar-refractivity contribution is -0.143. The fourth-order valence-corrected chi connectivity index (χ4v) is 2.65. The number of carboxylic acids is 1. The zero-order chi connectivity index (χ0) is 13.2. The third-order valence-corrected chi connectivity index (χ3v) is 3.84. The number of carbonyl (C=O) groups is 1. The molecule has 0 aliphatic heterocycles. The molecule has 2 rings (SSSR count). The van der Waals surface area contributed by atoms with Gasteiger partial charge in [-0.25, -0.2) is 9.64 Å². The highest BCUT2D eigenvalue weighted by atomic mass is 16.4. The minimum Gasteiger partial charge on any atom is -0.479 e. The van der Waals surface area contributed by atoms with Crippen molar-refractivity contribution in [3.8, 4) is 0 Å². The van der Waals surface area contributed by atoms with Crippen molar-refractivity contribution in [3.63, 3.8) is 0 Å². The number of benzene rings is 1. The van der Waals surface area contributed by atoms with Crippen LogP contribution in [-0.4, -0.2) is 23.7 Å². The highest BCUT2D eigenvalue weighted by Gasteiger charge is 2.45. The molecule has 94 valence electrons. The van der Waals surface area contributed by atoms with Gasteiger partial charge in [-0.15, -0.1) is 0 Å². The van der Waals surface area contributed by atoms with Crippen LogP contribution >= 0.6 is 0 Å². The molecule has 1 aromatic carbocycles. The van der Waals surface area contributed by atoms with Crippen LogP contribution in [0.3, 0.4) is 0 Å². The van der Waals surface area contributed by atoms with Crippen LogP contribution < -0.4 is 4.90 Å². The van der Waals surface area contributed by atoms with E-state index in [9.17, 15) is 9.90 Å². The van der Waals surface area contributed by atoms with Crippen molar-refractivity contribution in [1.82, 2.24) is 0 Å². The van der Waals surface area contributed by atoms with Gasteiger partial charge in [0.15, 0.2) is 5.69 Å². The van der Waals surface area contributed by atoms with Crippen molar-refractivity contribution >= 4 is 17.3 Å². The maximum atomic E-state index is 11.6. The minimum absolute atomic E-state index is 0.572. The number of aliphatic carboxylic acids is 1. The summed E-state index contributed by atoms with van der Waals surface area (Å²) in [5.74, 6) is -0.753. The maximum Gasteiger partial charge on any atom is 0.329 e. The molecule has 0 amide bonds. The summed E-state index contributed by atoms with van der Waals surface area (Å²) in [6, 6.07) is 7.08. The van der Waals surface area contributed by atoms with E-state index in [0.29, 0.717) is 18.5 Å². The third kappa shape index (κ3) is 1.92. The van der Waals surface area contributed by atoms with Crippen molar-refractivity contribution in [1.29, 1.82) is 0 Å². The summed E-state index contributed by atoms with van der Waals surface area (Å²) >= 11 is 0. The lowest BCUT2D eigenvalue weighted by atomic mass is 9.95. The molecule has 0 atom stereocenters. The highest BCUT2D eigenvalue weighted by molar-refractivity contribution is 5.84. The van der Waals surface area contributed by atoms with Gasteiger partial charge in [-0.3, -0.25) is 0 Å². The molecule has 1 aliphatic carbocycles. The first kappa shape index (κ1) is 12.4. The summed E-state index contributed by atoms with van der Waals surface area (Å²) in [7, 11) is 1.83. The predicted octanol–water partition coefficient (Wildman–Crippen LogP) is 3.07. The summed E-state index contributed by atoms with van der Waals surface area (Å²) < 4.78 is 0. The van der Waals surface area contributed by atoms with Gasteiger partial charge in [0, 0.05) is 12.7 Å². The molecule has 4 heteroatoms. The van der Waals surface area contributed by atoms with Gasteiger partial charge >= 0.3 is 5.97 Å². The molecule has 0 bridgehead atoms. The maximum absolute atomic E-state index is 11.6. The quantitative estimate of drug-likeness (QED) is 0.831. The van der Waals surface area contributed by atoms with Crippen LogP contribution in [0.1, 0.15) is 25.7 Å². The number of anilines is 1. The molecule has 1 fully saturated rings. The van der Waals surface area contributed by atoms with E-state index in [-0.39, 0.29) is 0 Å². The zero-order valence-corrected chi connectivity index (χ0v) is 10.4. The first-order valence-corrected chi connectivity index (χ1v) is 6.05. The molecule has 0 radical (unpaired) electrons. The topological polar surface area (TPSA) is 44.9 Å². The summed E-state index contributed by atoms with van der Waals surface area (Å²) in [4.78, 5) is 16.8. The molecular formula is C14H16N2O2. The molecule has 18 heavy (non-hydrogen) atoms. The molecule has 4 nitrogen and oxygen atoms in total. The molecule has 0 aromatic heterocycles. The second kappa shape index (κ2) is 4.69. The molecule has 0 heterocycles. The number of rotatable bonds is 3. The standard InChI is InChI=1S/C14H16N2O2/c1-15-11-5-7-12(8-6-11)16(2)14(13(17)18)9-3-4-10-14/h5-8H,3-4,9-10H2,2H3,(H,17,18). The Bertz CT molecular complexity index is 482. The lowest BCUT2D eigenvalue weighted by Crippen LogP contribution is -2.51. The lowest BCUT2D eigenvalue weighted by Gasteiger charge is -2.36. The molecular weight excluding hydrogens is 228 g/mol. The average Bonchev–Trinajstić information content (AvgIpc) is 2.88. The van der Waals surface area contributed by atoms with E-state index in [1.807, 2.05) is 24.1 Å². The van der Waals surface area contributed by atoms with Gasteiger partial charge in [-0.1, -0.05) is 25.0 Å². The fourth-order valence-electron chi connectivity index (χ4n) is 2.65. The third-order valence-electron chi connectivity index (χ3n) is 3.84. The van der Waals surface area contributed by atoms with Crippen LogP contribution in [0.25, 0.3) is 4.85 Å². The van der Waals surface area contributed by atoms with Gasteiger partial charge in [-0.2, -0.15) is 0 Å². The number of nitrogens with zero attached hydrogens (tertiary/aromatic N) is 2. The van der Waals surface area contributed by atoms with Gasteiger partial charge in [0.2, 0.25) is 0 Å². The van der Waals surface area contributed by atoms with Gasteiger partial charge in [0.25, 0.3) is 0 Å². The van der Waals surface area contributed by atoms with Crippen molar-refractivity contribution in [3.05, 3.63) is 35.7 Å². The number of likely N-dealkylation sites (N-methyl/N-ethyl adjacent to an activating group) is 1. The Morgan fingerprint density at radius 1 is 1.33 bits per heavy atom. The Kier molecular flexibility index (Phi) is 3.24. The second-order valence-electron chi connectivity index (χ2n) is 4.73. The molecule has 1 aromatic rings. The van der Waals surface area contributed by atoms with Gasteiger partial charge in [-0.05, 0) is 25.0 Å². The van der Waals surface area contributed by atoms with Crippen LogP contribution in [-0.2, 0) is 4.79 Å². The Hall–Kier alpha value is -2.02. The Morgan fingerprint density at radius 2 is 1.89 bits per heavy atom.